The highest BCUT2D eigenvalue weighted by molar-refractivity contribution is 5.99. The molecule has 0 spiro atoms. The van der Waals surface area contributed by atoms with Crippen LogP contribution < -0.4 is 5.32 Å². The van der Waals surface area contributed by atoms with Gasteiger partial charge in [0.2, 0.25) is 0 Å². The van der Waals surface area contributed by atoms with E-state index in [-0.39, 0.29) is 12.5 Å². The lowest BCUT2D eigenvalue weighted by Crippen LogP contribution is -2.30. The first-order chi connectivity index (χ1) is 8.49. The molecule has 0 aliphatic rings. The maximum atomic E-state index is 11.9. The molecule has 1 atom stereocenters. The second kappa shape index (κ2) is 4.73. The molecule has 2 aromatic rings. The molecule has 1 amide bonds. The summed E-state index contributed by atoms with van der Waals surface area (Å²) in [6, 6.07) is 1.90. The molecule has 6 heteroatoms. The molecule has 1 unspecified atom stereocenters. The van der Waals surface area contributed by atoms with Gasteiger partial charge in [0.15, 0.2) is 5.65 Å². The Bertz CT molecular complexity index is 589. The van der Waals surface area contributed by atoms with E-state index in [1.54, 1.807) is 11.4 Å². The van der Waals surface area contributed by atoms with Gasteiger partial charge in [0, 0.05) is 17.9 Å². The van der Waals surface area contributed by atoms with E-state index in [0.717, 1.165) is 11.4 Å². The summed E-state index contributed by atoms with van der Waals surface area (Å²) in [6.07, 6.45) is 0.916. The van der Waals surface area contributed by atoms with Crippen LogP contribution in [0.1, 0.15) is 28.7 Å². The Morgan fingerprint density at radius 3 is 2.94 bits per heavy atom. The number of nitrogens with one attached hydrogen (secondary N) is 1. The SMILES string of the molecule is Cc1cc(C)n2ncc(C(=O)NCC(C)O)c2n1. The first kappa shape index (κ1) is 12.5. The van der Waals surface area contributed by atoms with Crippen molar-refractivity contribution in [2.45, 2.75) is 26.9 Å². The van der Waals surface area contributed by atoms with Crippen molar-refractivity contribution in [2.24, 2.45) is 0 Å². The van der Waals surface area contributed by atoms with Crippen molar-refractivity contribution >= 4 is 11.6 Å². The van der Waals surface area contributed by atoms with Crippen LogP contribution in [0.5, 0.6) is 0 Å². The Hall–Kier alpha value is -1.95. The maximum absolute atomic E-state index is 11.9. The lowest BCUT2D eigenvalue weighted by molar-refractivity contribution is 0.0925. The third-order valence-corrected chi connectivity index (χ3v) is 2.58. The van der Waals surface area contributed by atoms with E-state index in [9.17, 15) is 4.79 Å². The fraction of sp³-hybridized carbons (Fsp3) is 0.417. The fourth-order valence-electron chi connectivity index (χ4n) is 1.77. The number of aliphatic hydroxyl groups is 1. The zero-order chi connectivity index (χ0) is 13.3. The molecule has 0 radical (unpaired) electrons. The zero-order valence-electron chi connectivity index (χ0n) is 10.6. The summed E-state index contributed by atoms with van der Waals surface area (Å²) < 4.78 is 1.63. The van der Waals surface area contributed by atoms with Gasteiger partial charge in [0.25, 0.3) is 5.91 Å². The van der Waals surface area contributed by atoms with E-state index in [1.807, 2.05) is 19.9 Å². The summed E-state index contributed by atoms with van der Waals surface area (Å²) in [5, 5.41) is 15.9. The monoisotopic (exact) mass is 248 g/mol. The van der Waals surface area contributed by atoms with Crippen molar-refractivity contribution in [1.29, 1.82) is 0 Å². The third-order valence-electron chi connectivity index (χ3n) is 2.58. The lowest BCUT2D eigenvalue weighted by Gasteiger charge is -2.06. The Kier molecular flexibility index (Phi) is 3.29. The lowest BCUT2D eigenvalue weighted by atomic mass is 10.3. The topological polar surface area (TPSA) is 79.5 Å². The van der Waals surface area contributed by atoms with Gasteiger partial charge >= 0.3 is 0 Å². The molecule has 0 saturated heterocycles. The van der Waals surface area contributed by atoms with Crippen molar-refractivity contribution in [3.63, 3.8) is 0 Å². The van der Waals surface area contributed by atoms with Crippen LogP contribution in [0.3, 0.4) is 0 Å². The van der Waals surface area contributed by atoms with Gasteiger partial charge in [-0.2, -0.15) is 5.10 Å². The summed E-state index contributed by atoms with van der Waals surface area (Å²) in [4.78, 5) is 16.3. The number of aromatic nitrogens is 3. The molecule has 96 valence electrons. The molecule has 0 aromatic carbocycles. The number of fused-ring (bicyclic) bond motifs is 1. The minimum atomic E-state index is -0.577. The summed E-state index contributed by atoms with van der Waals surface area (Å²) in [7, 11) is 0. The van der Waals surface area contributed by atoms with E-state index in [2.05, 4.69) is 15.4 Å². The second-order valence-corrected chi connectivity index (χ2v) is 4.39. The fourth-order valence-corrected chi connectivity index (χ4v) is 1.77. The van der Waals surface area contributed by atoms with Crippen molar-refractivity contribution in [2.75, 3.05) is 6.54 Å². The van der Waals surface area contributed by atoms with Gasteiger partial charge in [0.1, 0.15) is 5.56 Å². The number of rotatable bonds is 3. The van der Waals surface area contributed by atoms with Crippen molar-refractivity contribution in [3.05, 3.63) is 29.2 Å². The minimum Gasteiger partial charge on any atom is -0.392 e. The number of hydrogen-bond acceptors (Lipinski definition) is 4. The molecule has 2 rings (SSSR count). The number of carbonyl (C=O) groups excluding carboxylic acids is 1. The van der Waals surface area contributed by atoms with Crippen LogP contribution in [-0.4, -0.2) is 38.3 Å². The van der Waals surface area contributed by atoms with Gasteiger partial charge in [-0.1, -0.05) is 0 Å². The average Bonchev–Trinajstić information content (AvgIpc) is 2.69. The molecule has 2 aromatic heterocycles. The standard InChI is InChI=1S/C12H16N4O2/c1-7-4-8(2)16-11(15-7)10(6-14-16)12(18)13-5-9(3)17/h4,6,9,17H,5H2,1-3H3,(H,13,18). The van der Waals surface area contributed by atoms with Gasteiger partial charge in [-0.15, -0.1) is 0 Å². The normalized spacial score (nSPS) is 12.7. The number of hydrogen-bond donors (Lipinski definition) is 2. The van der Waals surface area contributed by atoms with E-state index < -0.39 is 6.10 Å². The van der Waals surface area contributed by atoms with E-state index in [0.29, 0.717) is 11.2 Å². The molecule has 0 aliphatic heterocycles. The molecular formula is C12H16N4O2. The summed E-state index contributed by atoms with van der Waals surface area (Å²) >= 11 is 0. The number of nitrogens with zero attached hydrogens (tertiary/aromatic N) is 3. The van der Waals surface area contributed by atoms with Crippen LogP contribution in [0.2, 0.25) is 0 Å². The largest absolute Gasteiger partial charge is 0.392 e. The first-order valence-corrected chi connectivity index (χ1v) is 5.77. The molecule has 2 heterocycles. The van der Waals surface area contributed by atoms with Crippen LogP contribution in [0.25, 0.3) is 5.65 Å². The number of amides is 1. The van der Waals surface area contributed by atoms with E-state index in [4.69, 9.17) is 5.11 Å². The highest BCUT2D eigenvalue weighted by Gasteiger charge is 2.15. The molecular weight excluding hydrogens is 232 g/mol. The molecule has 0 saturated carbocycles. The van der Waals surface area contributed by atoms with Crippen LogP contribution in [0.15, 0.2) is 12.3 Å². The summed E-state index contributed by atoms with van der Waals surface area (Å²) in [6.45, 7) is 5.60. The van der Waals surface area contributed by atoms with Gasteiger partial charge < -0.3 is 10.4 Å². The van der Waals surface area contributed by atoms with Crippen LogP contribution in [0, 0.1) is 13.8 Å². The Balaban J connectivity index is 2.37. The Morgan fingerprint density at radius 2 is 2.28 bits per heavy atom. The average molecular weight is 248 g/mol. The molecule has 0 aliphatic carbocycles. The van der Waals surface area contributed by atoms with Gasteiger partial charge in [0.05, 0.1) is 12.3 Å². The molecule has 6 nitrogen and oxygen atoms in total. The summed E-state index contributed by atoms with van der Waals surface area (Å²) in [5.74, 6) is -0.275. The van der Waals surface area contributed by atoms with Gasteiger partial charge in [-0.25, -0.2) is 9.50 Å². The Labute approximate surface area is 105 Å². The van der Waals surface area contributed by atoms with Crippen molar-refractivity contribution in [3.8, 4) is 0 Å². The number of aliphatic hydroxyl groups excluding tert-OH is 1. The van der Waals surface area contributed by atoms with E-state index in [1.165, 1.54) is 6.20 Å². The molecule has 18 heavy (non-hydrogen) atoms. The van der Waals surface area contributed by atoms with E-state index >= 15 is 0 Å². The minimum absolute atomic E-state index is 0.209. The molecule has 0 fully saturated rings. The van der Waals surface area contributed by atoms with Crippen LogP contribution in [0.4, 0.5) is 0 Å². The third kappa shape index (κ3) is 2.33. The van der Waals surface area contributed by atoms with Crippen LogP contribution >= 0.6 is 0 Å². The van der Waals surface area contributed by atoms with Crippen LogP contribution in [-0.2, 0) is 0 Å². The molecule has 2 N–H and O–H groups in total. The molecule has 0 bridgehead atoms. The quantitative estimate of drug-likeness (QED) is 0.827. The smallest absolute Gasteiger partial charge is 0.256 e. The highest BCUT2D eigenvalue weighted by Crippen LogP contribution is 2.11. The number of carbonyl (C=O) groups is 1. The maximum Gasteiger partial charge on any atom is 0.256 e. The van der Waals surface area contributed by atoms with Gasteiger partial charge in [-0.3, -0.25) is 4.79 Å². The predicted molar refractivity (Wildman–Crippen MR) is 66.5 cm³/mol. The highest BCUT2D eigenvalue weighted by atomic mass is 16.3. The predicted octanol–water partition coefficient (Wildman–Crippen LogP) is 0.457. The zero-order valence-corrected chi connectivity index (χ0v) is 10.6. The summed E-state index contributed by atoms with van der Waals surface area (Å²) in [5.41, 5.74) is 2.72. The second-order valence-electron chi connectivity index (χ2n) is 4.39. The Morgan fingerprint density at radius 1 is 1.56 bits per heavy atom. The first-order valence-electron chi connectivity index (χ1n) is 5.77. The van der Waals surface area contributed by atoms with Crippen molar-refractivity contribution < 1.29 is 9.90 Å². The van der Waals surface area contributed by atoms with Gasteiger partial charge in [-0.05, 0) is 26.8 Å². The number of aryl methyl sites for hydroxylation is 2. The van der Waals surface area contributed by atoms with Crippen molar-refractivity contribution in [1.82, 2.24) is 19.9 Å².